The number of carbonyl (C=O) groups is 1. The minimum atomic E-state index is -0.00810. The van der Waals surface area contributed by atoms with Crippen LogP contribution in [0.15, 0.2) is 60.8 Å². The number of carbonyl (C=O) groups excluding carboxylic acids is 1. The maximum absolute atomic E-state index is 12.6. The average molecular weight is 263 g/mol. The number of para-hydroxylation sites is 1. The van der Waals surface area contributed by atoms with Crippen molar-refractivity contribution in [1.29, 1.82) is 0 Å². The highest BCUT2D eigenvalue weighted by Gasteiger charge is 2.12. The van der Waals surface area contributed by atoms with Gasteiger partial charge in [-0.05, 0) is 36.4 Å². The third kappa shape index (κ3) is 2.14. The molecular weight excluding hydrogens is 250 g/mol. The number of nitrogens with zero attached hydrogens (tertiary/aromatic N) is 1. The Balaban J connectivity index is 2.07. The molecule has 3 aromatic rings. The SMILES string of the molecule is COc1ccc(C(=O)c2ccnc3ccccc23)cc1. The Labute approximate surface area is 116 Å². The van der Waals surface area contributed by atoms with E-state index in [1.54, 1.807) is 43.6 Å². The zero-order chi connectivity index (χ0) is 13.9. The van der Waals surface area contributed by atoms with Gasteiger partial charge in [-0.15, -0.1) is 0 Å². The van der Waals surface area contributed by atoms with Gasteiger partial charge in [-0.2, -0.15) is 0 Å². The predicted molar refractivity (Wildman–Crippen MR) is 78.2 cm³/mol. The minimum absolute atomic E-state index is 0.00810. The van der Waals surface area contributed by atoms with E-state index in [-0.39, 0.29) is 5.78 Å². The van der Waals surface area contributed by atoms with E-state index in [9.17, 15) is 4.79 Å². The number of ether oxygens (including phenoxy) is 1. The van der Waals surface area contributed by atoms with Crippen LogP contribution < -0.4 is 4.74 Å². The van der Waals surface area contributed by atoms with Gasteiger partial charge in [-0.25, -0.2) is 0 Å². The summed E-state index contributed by atoms with van der Waals surface area (Å²) in [6.07, 6.45) is 1.67. The van der Waals surface area contributed by atoms with Gasteiger partial charge in [0, 0.05) is 22.7 Å². The van der Waals surface area contributed by atoms with E-state index in [1.165, 1.54) is 0 Å². The molecular formula is C17H13NO2. The monoisotopic (exact) mass is 263 g/mol. The van der Waals surface area contributed by atoms with Crippen molar-refractivity contribution in [3.8, 4) is 5.75 Å². The lowest BCUT2D eigenvalue weighted by molar-refractivity contribution is 0.104. The molecule has 0 aliphatic heterocycles. The summed E-state index contributed by atoms with van der Waals surface area (Å²) in [6.45, 7) is 0. The fourth-order valence-corrected chi connectivity index (χ4v) is 2.19. The van der Waals surface area contributed by atoms with Crippen molar-refractivity contribution in [3.05, 3.63) is 71.9 Å². The number of ketones is 1. The van der Waals surface area contributed by atoms with E-state index in [1.807, 2.05) is 24.3 Å². The lowest BCUT2D eigenvalue weighted by Crippen LogP contribution is -2.02. The standard InChI is InChI=1S/C17H13NO2/c1-20-13-8-6-12(7-9-13)17(19)15-10-11-18-16-5-3-2-4-14(15)16/h2-11H,1H3. The Morgan fingerprint density at radius 2 is 1.75 bits per heavy atom. The van der Waals surface area contributed by atoms with Gasteiger partial charge in [0.1, 0.15) is 5.75 Å². The van der Waals surface area contributed by atoms with Crippen LogP contribution in [-0.2, 0) is 0 Å². The average Bonchev–Trinajstić information content (AvgIpc) is 2.54. The molecule has 3 rings (SSSR count). The van der Waals surface area contributed by atoms with Crippen molar-refractivity contribution in [1.82, 2.24) is 4.98 Å². The third-order valence-corrected chi connectivity index (χ3v) is 3.25. The van der Waals surface area contributed by atoms with Gasteiger partial charge in [0.05, 0.1) is 12.6 Å². The molecule has 0 N–H and O–H groups in total. The molecule has 0 amide bonds. The molecule has 0 saturated heterocycles. The summed E-state index contributed by atoms with van der Waals surface area (Å²) < 4.78 is 5.10. The Morgan fingerprint density at radius 1 is 1.00 bits per heavy atom. The molecule has 3 nitrogen and oxygen atoms in total. The summed E-state index contributed by atoms with van der Waals surface area (Å²) in [5, 5.41) is 0.871. The highest BCUT2D eigenvalue weighted by atomic mass is 16.5. The summed E-state index contributed by atoms with van der Waals surface area (Å²) in [5.41, 5.74) is 2.13. The van der Waals surface area contributed by atoms with Gasteiger partial charge in [0.2, 0.25) is 0 Å². The summed E-state index contributed by atoms with van der Waals surface area (Å²) in [7, 11) is 1.60. The van der Waals surface area contributed by atoms with E-state index < -0.39 is 0 Å². The quantitative estimate of drug-likeness (QED) is 0.679. The van der Waals surface area contributed by atoms with Crippen molar-refractivity contribution in [2.45, 2.75) is 0 Å². The minimum Gasteiger partial charge on any atom is -0.497 e. The normalized spacial score (nSPS) is 10.4. The third-order valence-electron chi connectivity index (χ3n) is 3.25. The maximum Gasteiger partial charge on any atom is 0.193 e. The van der Waals surface area contributed by atoms with Crippen LogP contribution in [-0.4, -0.2) is 17.9 Å². The van der Waals surface area contributed by atoms with Gasteiger partial charge < -0.3 is 4.74 Å². The topological polar surface area (TPSA) is 39.2 Å². The van der Waals surface area contributed by atoms with Crippen molar-refractivity contribution in [3.63, 3.8) is 0 Å². The molecule has 0 atom stereocenters. The Kier molecular flexibility index (Phi) is 3.17. The summed E-state index contributed by atoms with van der Waals surface area (Å²) >= 11 is 0. The molecule has 1 heterocycles. The number of hydrogen-bond acceptors (Lipinski definition) is 3. The number of pyridine rings is 1. The first kappa shape index (κ1) is 12.4. The van der Waals surface area contributed by atoms with Crippen molar-refractivity contribution in [2.75, 3.05) is 7.11 Å². The van der Waals surface area contributed by atoms with Crippen molar-refractivity contribution < 1.29 is 9.53 Å². The molecule has 2 aromatic carbocycles. The molecule has 1 aromatic heterocycles. The molecule has 3 heteroatoms. The van der Waals surface area contributed by atoms with E-state index in [2.05, 4.69) is 4.98 Å². The molecule has 0 saturated carbocycles. The van der Waals surface area contributed by atoms with Crippen LogP contribution in [0.2, 0.25) is 0 Å². The van der Waals surface area contributed by atoms with Gasteiger partial charge >= 0.3 is 0 Å². The lowest BCUT2D eigenvalue weighted by atomic mass is 10.00. The number of benzene rings is 2. The first-order valence-electron chi connectivity index (χ1n) is 6.32. The number of aromatic nitrogens is 1. The molecule has 0 fully saturated rings. The van der Waals surface area contributed by atoms with Gasteiger partial charge in [-0.3, -0.25) is 9.78 Å². The Bertz CT molecular complexity index is 758. The Hall–Kier alpha value is -2.68. The zero-order valence-corrected chi connectivity index (χ0v) is 11.0. The smallest absolute Gasteiger partial charge is 0.193 e. The van der Waals surface area contributed by atoms with Gasteiger partial charge in [-0.1, -0.05) is 18.2 Å². The van der Waals surface area contributed by atoms with Gasteiger partial charge in [0.25, 0.3) is 0 Å². The van der Waals surface area contributed by atoms with E-state index in [4.69, 9.17) is 4.74 Å². The van der Waals surface area contributed by atoms with E-state index >= 15 is 0 Å². The van der Waals surface area contributed by atoms with E-state index in [0.717, 1.165) is 16.7 Å². The zero-order valence-electron chi connectivity index (χ0n) is 11.0. The largest absolute Gasteiger partial charge is 0.497 e. The molecule has 0 spiro atoms. The first-order chi connectivity index (χ1) is 9.79. The summed E-state index contributed by atoms with van der Waals surface area (Å²) in [4.78, 5) is 16.9. The molecule has 20 heavy (non-hydrogen) atoms. The number of rotatable bonds is 3. The molecule has 0 unspecified atom stereocenters. The van der Waals surface area contributed by atoms with E-state index in [0.29, 0.717) is 11.1 Å². The summed E-state index contributed by atoms with van der Waals surface area (Å²) in [5.74, 6) is 0.729. The predicted octanol–water partition coefficient (Wildman–Crippen LogP) is 3.47. The van der Waals surface area contributed by atoms with Crippen LogP contribution in [0, 0.1) is 0 Å². The first-order valence-corrected chi connectivity index (χ1v) is 6.32. The maximum atomic E-state index is 12.6. The molecule has 0 aliphatic carbocycles. The van der Waals surface area contributed by atoms with Crippen LogP contribution in [0.5, 0.6) is 5.75 Å². The van der Waals surface area contributed by atoms with Crippen LogP contribution in [0.3, 0.4) is 0 Å². The lowest BCUT2D eigenvalue weighted by Gasteiger charge is -2.06. The second-order valence-electron chi connectivity index (χ2n) is 4.43. The van der Waals surface area contributed by atoms with Crippen LogP contribution in [0.25, 0.3) is 10.9 Å². The fourth-order valence-electron chi connectivity index (χ4n) is 2.19. The highest BCUT2D eigenvalue weighted by Crippen LogP contribution is 2.20. The van der Waals surface area contributed by atoms with Crippen LogP contribution >= 0.6 is 0 Å². The second kappa shape index (κ2) is 5.13. The molecule has 98 valence electrons. The van der Waals surface area contributed by atoms with Crippen molar-refractivity contribution in [2.24, 2.45) is 0 Å². The van der Waals surface area contributed by atoms with Crippen LogP contribution in [0.4, 0.5) is 0 Å². The molecule has 0 radical (unpaired) electrons. The second-order valence-corrected chi connectivity index (χ2v) is 4.43. The number of hydrogen-bond donors (Lipinski definition) is 0. The fraction of sp³-hybridized carbons (Fsp3) is 0.0588. The number of methoxy groups -OCH3 is 1. The highest BCUT2D eigenvalue weighted by molar-refractivity contribution is 6.15. The van der Waals surface area contributed by atoms with Crippen LogP contribution in [0.1, 0.15) is 15.9 Å². The summed E-state index contributed by atoms with van der Waals surface area (Å²) in [6, 6.07) is 16.5. The van der Waals surface area contributed by atoms with Gasteiger partial charge in [0.15, 0.2) is 5.78 Å². The molecule has 0 aliphatic rings. The number of fused-ring (bicyclic) bond motifs is 1. The molecule has 0 bridgehead atoms. The Morgan fingerprint density at radius 3 is 2.50 bits per heavy atom. The van der Waals surface area contributed by atoms with Crippen molar-refractivity contribution >= 4 is 16.7 Å².